The smallest absolute Gasteiger partial charge is 0.304 e. The molecule has 0 fully saturated rings. The molecule has 1 heterocycles. The van der Waals surface area contributed by atoms with Crippen LogP contribution in [0.5, 0.6) is 0 Å². The van der Waals surface area contributed by atoms with E-state index in [4.69, 9.17) is 4.74 Å². The predicted molar refractivity (Wildman–Crippen MR) is 75.3 cm³/mol. The predicted octanol–water partition coefficient (Wildman–Crippen LogP) is 2.72. The van der Waals surface area contributed by atoms with Crippen molar-refractivity contribution in [2.45, 2.75) is 26.8 Å². The topological polar surface area (TPSA) is 72.7 Å². The lowest BCUT2D eigenvalue weighted by Gasteiger charge is -2.27. The average Bonchev–Trinajstić information content (AvgIpc) is 2.75. The van der Waals surface area contributed by atoms with Gasteiger partial charge in [0.15, 0.2) is 10.8 Å². The van der Waals surface area contributed by atoms with Crippen molar-refractivity contribution in [2.24, 2.45) is 0 Å². The van der Waals surface area contributed by atoms with Crippen molar-refractivity contribution in [3.8, 4) is 0 Å². The second-order valence-electron chi connectivity index (χ2n) is 4.20. The summed E-state index contributed by atoms with van der Waals surface area (Å²) in [7, 11) is 1.59. The van der Waals surface area contributed by atoms with Crippen LogP contribution in [0, 0.1) is 10.1 Å². The first kappa shape index (κ1) is 15.6. The Morgan fingerprint density at radius 1 is 1.63 bits per heavy atom. The second-order valence-corrected chi connectivity index (χ2v) is 5.24. The van der Waals surface area contributed by atoms with Gasteiger partial charge in [0.1, 0.15) is 0 Å². The van der Waals surface area contributed by atoms with E-state index in [1.807, 2.05) is 18.7 Å². The van der Waals surface area contributed by atoms with Crippen molar-refractivity contribution in [2.75, 3.05) is 25.2 Å². The molecule has 0 saturated carbocycles. The molecule has 0 N–H and O–H groups in total. The molecule has 106 valence electrons. The first-order valence-corrected chi connectivity index (χ1v) is 6.78. The van der Waals surface area contributed by atoms with Crippen LogP contribution >= 0.6 is 11.3 Å². The zero-order valence-corrected chi connectivity index (χ0v) is 12.3. The fraction of sp³-hybridized carbons (Fsp3) is 0.583. The number of nitrogens with zero attached hydrogens (tertiary/aromatic N) is 2. The van der Waals surface area contributed by atoms with Gasteiger partial charge in [0, 0.05) is 19.7 Å². The Hall–Kier alpha value is -1.47. The summed E-state index contributed by atoms with van der Waals surface area (Å²) < 4.78 is 5.09. The maximum absolute atomic E-state index is 11.4. The van der Waals surface area contributed by atoms with Gasteiger partial charge in [-0.1, -0.05) is 0 Å². The molecule has 0 aliphatic rings. The van der Waals surface area contributed by atoms with Crippen LogP contribution in [0.4, 0.5) is 10.7 Å². The lowest BCUT2D eigenvalue weighted by Crippen LogP contribution is -2.35. The number of nitro groups is 1. The second kappa shape index (κ2) is 6.63. The lowest BCUT2D eigenvalue weighted by molar-refractivity contribution is -0.383. The van der Waals surface area contributed by atoms with Crippen LogP contribution in [0.3, 0.4) is 0 Å². The molecule has 19 heavy (non-hydrogen) atoms. The van der Waals surface area contributed by atoms with Crippen LogP contribution < -0.4 is 4.90 Å². The SMILES string of the molecule is CCN(c1sc(C(C)=O)cc1[N+](=O)[O-])C(C)COC. The molecule has 0 amide bonds. The normalized spacial score (nSPS) is 12.2. The summed E-state index contributed by atoms with van der Waals surface area (Å²) in [5.74, 6) is -0.158. The minimum Gasteiger partial charge on any atom is -0.383 e. The highest BCUT2D eigenvalue weighted by atomic mass is 32.1. The number of methoxy groups -OCH3 is 1. The third-order valence-electron chi connectivity index (χ3n) is 2.78. The largest absolute Gasteiger partial charge is 0.383 e. The number of carbonyl (C=O) groups is 1. The Morgan fingerprint density at radius 3 is 2.68 bits per heavy atom. The van der Waals surface area contributed by atoms with E-state index in [1.165, 1.54) is 13.0 Å². The van der Waals surface area contributed by atoms with Gasteiger partial charge in [0.2, 0.25) is 0 Å². The van der Waals surface area contributed by atoms with Crippen molar-refractivity contribution in [3.63, 3.8) is 0 Å². The Labute approximate surface area is 116 Å². The number of thiophene rings is 1. The standard InChI is InChI=1S/C12H18N2O4S/c1-5-13(8(2)7-18-4)12-10(14(16)17)6-11(19-12)9(3)15/h6,8H,5,7H2,1-4H3. The number of anilines is 1. The van der Waals surface area contributed by atoms with Gasteiger partial charge >= 0.3 is 5.69 Å². The molecule has 1 aromatic rings. The molecule has 0 bridgehead atoms. The molecule has 0 saturated heterocycles. The molecule has 1 aromatic heterocycles. The number of ketones is 1. The fourth-order valence-electron chi connectivity index (χ4n) is 1.87. The maximum Gasteiger partial charge on any atom is 0.304 e. The first-order chi connectivity index (χ1) is 8.92. The zero-order valence-electron chi connectivity index (χ0n) is 11.5. The number of Topliss-reactive ketones (excluding diaryl/α,β-unsaturated/α-hetero) is 1. The van der Waals surface area contributed by atoms with E-state index < -0.39 is 4.92 Å². The van der Waals surface area contributed by atoms with Crippen molar-refractivity contribution in [1.82, 2.24) is 0 Å². The van der Waals surface area contributed by atoms with E-state index >= 15 is 0 Å². The molecule has 0 spiro atoms. The van der Waals surface area contributed by atoms with Crippen LogP contribution in [-0.4, -0.2) is 37.0 Å². The molecule has 0 aliphatic carbocycles. The zero-order chi connectivity index (χ0) is 14.6. The third-order valence-corrected chi connectivity index (χ3v) is 4.04. The van der Waals surface area contributed by atoms with Gasteiger partial charge < -0.3 is 9.64 Å². The van der Waals surface area contributed by atoms with Gasteiger partial charge in [0.25, 0.3) is 0 Å². The highest BCUT2D eigenvalue weighted by Crippen LogP contribution is 2.38. The number of hydrogen-bond acceptors (Lipinski definition) is 6. The van der Waals surface area contributed by atoms with Crippen LogP contribution in [0.25, 0.3) is 0 Å². The maximum atomic E-state index is 11.4. The van der Waals surface area contributed by atoms with Crippen molar-refractivity contribution < 1.29 is 14.5 Å². The van der Waals surface area contributed by atoms with E-state index in [1.54, 1.807) is 7.11 Å². The Morgan fingerprint density at radius 2 is 2.26 bits per heavy atom. The summed E-state index contributed by atoms with van der Waals surface area (Å²) in [6, 6.07) is 1.36. The number of likely N-dealkylation sites (N-methyl/N-ethyl adjacent to an activating group) is 1. The van der Waals surface area contributed by atoms with Gasteiger partial charge in [-0.2, -0.15) is 0 Å². The van der Waals surface area contributed by atoms with Crippen LogP contribution in [0.1, 0.15) is 30.4 Å². The van der Waals surface area contributed by atoms with Crippen LogP contribution in [0.15, 0.2) is 6.07 Å². The number of hydrogen-bond donors (Lipinski definition) is 0. The summed E-state index contributed by atoms with van der Waals surface area (Å²) >= 11 is 1.16. The average molecular weight is 286 g/mol. The van der Waals surface area contributed by atoms with E-state index in [9.17, 15) is 14.9 Å². The highest BCUT2D eigenvalue weighted by Gasteiger charge is 2.27. The van der Waals surface area contributed by atoms with Gasteiger partial charge in [-0.15, -0.1) is 11.3 Å². The first-order valence-electron chi connectivity index (χ1n) is 5.97. The summed E-state index contributed by atoms with van der Waals surface area (Å²) in [5.41, 5.74) is -0.0139. The number of ether oxygens (including phenoxy) is 1. The highest BCUT2D eigenvalue weighted by molar-refractivity contribution is 7.18. The van der Waals surface area contributed by atoms with Crippen molar-refractivity contribution in [3.05, 3.63) is 21.1 Å². The lowest BCUT2D eigenvalue weighted by atomic mass is 10.3. The molecule has 1 atom stereocenters. The minimum atomic E-state index is -0.444. The summed E-state index contributed by atoms with van der Waals surface area (Å²) in [6.45, 7) is 6.35. The van der Waals surface area contributed by atoms with Crippen LogP contribution in [0.2, 0.25) is 0 Å². The number of rotatable bonds is 7. The molecule has 0 aromatic carbocycles. The van der Waals surface area contributed by atoms with E-state index in [2.05, 4.69) is 0 Å². The molecule has 1 rings (SSSR count). The molecule has 6 nitrogen and oxygen atoms in total. The molecular formula is C12H18N2O4S. The fourth-order valence-corrected chi connectivity index (χ4v) is 3.06. The Kier molecular flexibility index (Phi) is 5.44. The van der Waals surface area contributed by atoms with Gasteiger partial charge in [-0.05, 0) is 20.8 Å². The molecule has 0 aliphatic heterocycles. The van der Waals surface area contributed by atoms with Gasteiger partial charge in [-0.3, -0.25) is 14.9 Å². The minimum absolute atomic E-state index is 0.00663. The van der Waals surface area contributed by atoms with Gasteiger partial charge in [-0.25, -0.2) is 0 Å². The monoisotopic (exact) mass is 286 g/mol. The van der Waals surface area contributed by atoms with E-state index in [0.29, 0.717) is 23.0 Å². The van der Waals surface area contributed by atoms with Crippen molar-refractivity contribution in [1.29, 1.82) is 0 Å². The summed E-state index contributed by atoms with van der Waals surface area (Å²) in [6.07, 6.45) is 0. The molecule has 1 unspecified atom stereocenters. The Bertz CT molecular complexity index is 472. The van der Waals surface area contributed by atoms with Gasteiger partial charge in [0.05, 0.1) is 22.4 Å². The van der Waals surface area contributed by atoms with Crippen LogP contribution in [-0.2, 0) is 4.74 Å². The van der Waals surface area contributed by atoms with Crippen molar-refractivity contribution >= 4 is 27.8 Å². The quantitative estimate of drug-likeness (QED) is 0.438. The number of carbonyl (C=O) groups excluding carboxylic acids is 1. The summed E-state index contributed by atoms with van der Waals surface area (Å²) in [4.78, 5) is 24.3. The third kappa shape index (κ3) is 3.51. The summed E-state index contributed by atoms with van der Waals surface area (Å²) in [5, 5.41) is 11.6. The Balaban J connectivity index is 3.21. The molecule has 7 heteroatoms. The van der Waals surface area contributed by atoms with E-state index in [-0.39, 0.29) is 17.5 Å². The molecule has 0 radical (unpaired) electrons. The van der Waals surface area contributed by atoms with E-state index in [0.717, 1.165) is 11.3 Å². The molecular weight excluding hydrogens is 268 g/mol.